The van der Waals surface area contributed by atoms with Crippen LogP contribution < -0.4 is 10.5 Å². The summed E-state index contributed by atoms with van der Waals surface area (Å²) in [5, 5.41) is 0. The molecule has 0 aromatic heterocycles. The number of nitrogen functional groups attached to an aromatic ring is 1. The molecular formula is C10H14F2N2OS. The van der Waals surface area contributed by atoms with Gasteiger partial charge in [-0.1, -0.05) is 13.8 Å². The second-order valence-electron chi connectivity index (χ2n) is 3.83. The first-order chi connectivity index (χ1) is 7.41. The molecule has 0 aliphatic rings. The van der Waals surface area contributed by atoms with Crippen molar-refractivity contribution in [3.05, 3.63) is 23.8 Å². The summed E-state index contributed by atoms with van der Waals surface area (Å²) in [4.78, 5) is 0. The molecule has 6 heteroatoms. The van der Waals surface area contributed by atoms with Gasteiger partial charge in [0, 0.05) is 5.75 Å². The van der Waals surface area contributed by atoms with Crippen molar-refractivity contribution in [3.8, 4) is 0 Å². The van der Waals surface area contributed by atoms with E-state index >= 15 is 0 Å². The van der Waals surface area contributed by atoms with Crippen molar-refractivity contribution < 1.29 is 13.0 Å². The van der Waals surface area contributed by atoms with Gasteiger partial charge in [0.1, 0.15) is 22.5 Å². The summed E-state index contributed by atoms with van der Waals surface area (Å²) in [5.74, 6) is -1.12. The minimum absolute atomic E-state index is 0.0436. The SMILES string of the molecule is CC(C)CS(=O)Nc1ccc(F)c(N)c1F. The minimum atomic E-state index is -1.39. The third kappa shape index (κ3) is 3.16. The third-order valence-electron chi connectivity index (χ3n) is 1.84. The van der Waals surface area contributed by atoms with E-state index in [0.29, 0.717) is 5.75 Å². The molecule has 0 radical (unpaired) electrons. The molecule has 0 bridgehead atoms. The van der Waals surface area contributed by atoms with Crippen molar-refractivity contribution in [2.45, 2.75) is 13.8 Å². The van der Waals surface area contributed by atoms with Crippen LogP contribution in [0.25, 0.3) is 0 Å². The third-order valence-corrected chi connectivity index (χ3v) is 3.25. The summed E-state index contributed by atoms with van der Waals surface area (Å²) in [6.45, 7) is 3.80. The average Bonchev–Trinajstić information content (AvgIpc) is 2.18. The zero-order valence-corrected chi connectivity index (χ0v) is 9.91. The highest BCUT2D eigenvalue weighted by atomic mass is 32.2. The van der Waals surface area contributed by atoms with E-state index in [1.807, 2.05) is 13.8 Å². The van der Waals surface area contributed by atoms with E-state index in [1.54, 1.807) is 0 Å². The second kappa shape index (κ2) is 5.25. The maximum absolute atomic E-state index is 13.4. The van der Waals surface area contributed by atoms with E-state index in [-0.39, 0.29) is 11.6 Å². The van der Waals surface area contributed by atoms with Crippen LogP contribution in [0.1, 0.15) is 13.8 Å². The van der Waals surface area contributed by atoms with E-state index in [2.05, 4.69) is 4.72 Å². The maximum atomic E-state index is 13.4. The van der Waals surface area contributed by atoms with E-state index < -0.39 is 28.3 Å². The van der Waals surface area contributed by atoms with E-state index in [0.717, 1.165) is 6.07 Å². The lowest BCUT2D eigenvalue weighted by atomic mass is 10.2. The highest BCUT2D eigenvalue weighted by molar-refractivity contribution is 7.86. The predicted octanol–water partition coefficient (Wildman–Crippen LogP) is 2.28. The summed E-state index contributed by atoms with van der Waals surface area (Å²) < 4.78 is 40.2. The number of halogens is 2. The van der Waals surface area contributed by atoms with Gasteiger partial charge < -0.3 is 10.5 Å². The maximum Gasteiger partial charge on any atom is 0.173 e. The fourth-order valence-corrected chi connectivity index (χ4v) is 2.21. The van der Waals surface area contributed by atoms with Crippen molar-refractivity contribution in [1.82, 2.24) is 0 Å². The van der Waals surface area contributed by atoms with E-state index in [4.69, 9.17) is 5.73 Å². The molecule has 1 aromatic rings. The molecule has 0 saturated heterocycles. The molecule has 0 fully saturated rings. The number of nitrogens with one attached hydrogen (secondary N) is 1. The Morgan fingerprint density at radius 1 is 1.44 bits per heavy atom. The smallest absolute Gasteiger partial charge is 0.173 e. The van der Waals surface area contributed by atoms with Gasteiger partial charge in [-0.05, 0) is 18.1 Å². The average molecular weight is 248 g/mol. The Kier molecular flexibility index (Phi) is 4.23. The molecule has 16 heavy (non-hydrogen) atoms. The predicted molar refractivity (Wildman–Crippen MR) is 62.2 cm³/mol. The lowest BCUT2D eigenvalue weighted by Crippen LogP contribution is -2.14. The topological polar surface area (TPSA) is 55.1 Å². The van der Waals surface area contributed by atoms with Gasteiger partial charge in [-0.15, -0.1) is 0 Å². The molecule has 3 N–H and O–H groups in total. The number of benzene rings is 1. The molecule has 3 nitrogen and oxygen atoms in total. The Hall–Kier alpha value is -1.17. The Bertz CT molecular complexity index is 410. The fraction of sp³-hybridized carbons (Fsp3) is 0.400. The van der Waals surface area contributed by atoms with Crippen LogP contribution in [-0.2, 0) is 11.0 Å². The number of anilines is 2. The molecule has 0 heterocycles. The van der Waals surface area contributed by atoms with E-state index in [9.17, 15) is 13.0 Å². The van der Waals surface area contributed by atoms with Gasteiger partial charge in [0.05, 0.1) is 5.69 Å². The summed E-state index contributed by atoms with van der Waals surface area (Å²) in [6, 6.07) is 2.21. The normalized spacial score (nSPS) is 12.8. The largest absolute Gasteiger partial charge is 0.394 e. The van der Waals surface area contributed by atoms with Gasteiger partial charge in [0.2, 0.25) is 0 Å². The van der Waals surface area contributed by atoms with Crippen molar-refractivity contribution in [1.29, 1.82) is 0 Å². The molecule has 1 aromatic carbocycles. The van der Waals surface area contributed by atoms with Gasteiger partial charge in [0.25, 0.3) is 0 Å². The standard InChI is InChI=1S/C10H14F2N2OS/c1-6(2)5-16(15)14-8-4-3-7(11)10(13)9(8)12/h3-4,6,14H,5,13H2,1-2H3. The van der Waals surface area contributed by atoms with Crippen LogP contribution in [0.4, 0.5) is 20.2 Å². The quantitative estimate of drug-likeness (QED) is 0.803. The Morgan fingerprint density at radius 3 is 2.62 bits per heavy atom. The molecule has 0 saturated carbocycles. The second-order valence-corrected chi connectivity index (χ2v) is 5.06. The molecule has 1 rings (SSSR count). The molecule has 0 aliphatic carbocycles. The number of hydrogen-bond donors (Lipinski definition) is 2. The number of hydrogen-bond acceptors (Lipinski definition) is 2. The summed E-state index contributed by atoms with van der Waals surface area (Å²) in [7, 11) is -1.39. The molecule has 0 amide bonds. The summed E-state index contributed by atoms with van der Waals surface area (Å²) in [6.07, 6.45) is 0. The van der Waals surface area contributed by atoms with Gasteiger partial charge in [0.15, 0.2) is 5.82 Å². The highest BCUT2D eigenvalue weighted by Gasteiger charge is 2.12. The fourth-order valence-electron chi connectivity index (χ4n) is 1.12. The van der Waals surface area contributed by atoms with Gasteiger partial charge in [-0.25, -0.2) is 13.0 Å². The van der Waals surface area contributed by atoms with Crippen molar-refractivity contribution in [2.24, 2.45) is 5.92 Å². The molecule has 0 spiro atoms. The lowest BCUT2D eigenvalue weighted by Gasteiger charge is -2.10. The molecule has 1 atom stereocenters. The highest BCUT2D eigenvalue weighted by Crippen LogP contribution is 2.23. The summed E-state index contributed by atoms with van der Waals surface area (Å²) in [5.41, 5.74) is 4.56. The van der Waals surface area contributed by atoms with Crippen LogP contribution in [-0.4, -0.2) is 9.96 Å². The Morgan fingerprint density at radius 2 is 2.06 bits per heavy atom. The zero-order chi connectivity index (χ0) is 12.3. The van der Waals surface area contributed by atoms with Crippen LogP contribution in [0.2, 0.25) is 0 Å². The first-order valence-electron chi connectivity index (χ1n) is 4.80. The van der Waals surface area contributed by atoms with Crippen molar-refractivity contribution in [2.75, 3.05) is 16.2 Å². The monoisotopic (exact) mass is 248 g/mol. The first kappa shape index (κ1) is 12.9. The minimum Gasteiger partial charge on any atom is -0.394 e. The van der Waals surface area contributed by atoms with Crippen LogP contribution in [0.3, 0.4) is 0 Å². The van der Waals surface area contributed by atoms with E-state index in [1.165, 1.54) is 6.07 Å². The lowest BCUT2D eigenvalue weighted by molar-refractivity contribution is 0.594. The van der Waals surface area contributed by atoms with Gasteiger partial charge in [-0.2, -0.15) is 0 Å². The van der Waals surface area contributed by atoms with Crippen LogP contribution in [0.5, 0.6) is 0 Å². The Balaban J connectivity index is 2.82. The molecule has 1 unspecified atom stereocenters. The molecule has 0 aliphatic heterocycles. The van der Waals surface area contributed by atoms with Gasteiger partial charge in [-0.3, -0.25) is 0 Å². The zero-order valence-electron chi connectivity index (χ0n) is 9.09. The van der Waals surface area contributed by atoms with Crippen molar-refractivity contribution >= 4 is 22.4 Å². The molecule has 90 valence electrons. The van der Waals surface area contributed by atoms with Crippen LogP contribution in [0.15, 0.2) is 12.1 Å². The first-order valence-corrected chi connectivity index (χ1v) is 6.12. The number of nitrogens with two attached hydrogens (primary N) is 1. The van der Waals surface area contributed by atoms with Crippen LogP contribution >= 0.6 is 0 Å². The van der Waals surface area contributed by atoms with Gasteiger partial charge >= 0.3 is 0 Å². The Labute approximate surface area is 95.6 Å². The van der Waals surface area contributed by atoms with Crippen LogP contribution in [0, 0.1) is 17.6 Å². The summed E-state index contributed by atoms with van der Waals surface area (Å²) >= 11 is 0. The number of rotatable bonds is 4. The van der Waals surface area contributed by atoms with Crippen molar-refractivity contribution in [3.63, 3.8) is 0 Å². The molecular weight excluding hydrogens is 234 g/mol.